The molecule has 1 atom stereocenters. The number of benzene rings is 2. The van der Waals surface area contributed by atoms with Crippen LogP contribution >= 0.6 is 0 Å². The summed E-state index contributed by atoms with van der Waals surface area (Å²) in [6.45, 7) is 0. The van der Waals surface area contributed by atoms with E-state index in [2.05, 4.69) is 15.3 Å². The monoisotopic (exact) mass is 365 g/mol. The number of hydrogen-bond donors (Lipinski definition) is 1. The number of para-hydroxylation sites is 2. The van der Waals surface area contributed by atoms with Gasteiger partial charge < -0.3 is 14.8 Å². The maximum absolute atomic E-state index is 13.6. The number of hydrogen-bond acceptors (Lipinski definition) is 5. The van der Waals surface area contributed by atoms with E-state index in [1.54, 1.807) is 12.1 Å². The molecule has 27 heavy (non-hydrogen) atoms. The molecule has 0 fully saturated rings. The Balaban J connectivity index is 1.39. The Bertz CT molecular complexity index is 963. The first-order valence-electron chi connectivity index (χ1n) is 8.49. The van der Waals surface area contributed by atoms with Gasteiger partial charge in [-0.1, -0.05) is 30.3 Å². The second-order valence-corrected chi connectivity index (χ2v) is 6.03. The van der Waals surface area contributed by atoms with E-state index in [0.717, 1.165) is 17.7 Å². The number of nitrogens with one attached hydrogen (secondary N) is 1. The third-order valence-corrected chi connectivity index (χ3v) is 4.14. The molecule has 3 aromatic rings. The quantitative estimate of drug-likeness (QED) is 0.762. The number of halogens is 1. The summed E-state index contributed by atoms with van der Waals surface area (Å²) < 4.78 is 24.6. The van der Waals surface area contributed by atoms with Crippen molar-refractivity contribution >= 4 is 11.6 Å². The van der Waals surface area contributed by atoms with Crippen LogP contribution in [0.1, 0.15) is 12.0 Å². The van der Waals surface area contributed by atoms with Gasteiger partial charge in [0.2, 0.25) is 0 Å². The van der Waals surface area contributed by atoms with E-state index < -0.39 is 11.9 Å². The molecule has 6 nitrogen and oxygen atoms in total. The van der Waals surface area contributed by atoms with E-state index >= 15 is 0 Å². The molecule has 1 unspecified atom stereocenters. The molecule has 0 spiro atoms. The van der Waals surface area contributed by atoms with Crippen LogP contribution in [0.2, 0.25) is 0 Å². The van der Waals surface area contributed by atoms with Crippen molar-refractivity contribution in [3.05, 3.63) is 72.3 Å². The number of carbonyl (C=O) groups excluding carboxylic acids is 1. The smallest absolute Gasteiger partial charge is 0.322 e. The van der Waals surface area contributed by atoms with Crippen molar-refractivity contribution in [3.63, 3.8) is 0 Å². The fourth-order valence-electron chi connectivity index (χ4n) is 2.79. The average molecular weight is 365 g/mol. The molecule has 7 heteroatoms. The number of aryl methyl sites for hydroxylation is 1. The Labute approximate surface area is 155 Å². The first-order chi connectivity index (χ1) is 13.2. The summed E-state index contributed by atoms with van der Waals surface area (Å²) in [7, 11) is 0. The Morgan fingerprint density at radius 1 is 1.11 bits per heavy atom. The van der Waals surface area contributed by atoms with Gasteiger partial charge in [-0.2, -0.15) is 0 Å². The Kier molecular flexibility index (Phi) is 4.65. The van der Waals surface area contributed by atoms with Crippen LogP contribution in [-0.4, -0.2) is 22.0 Å². The molecule has 0 saturated carbocycles. The highest BCUT2D eigenvalue weighted by Gasteiger charge is 2.26. The van der Waals surface area contributed by atoms with Crippen LogP contribution in [0.3, 0.4) is 0 Å². The van der Waals surface area contributed by atoms with E-state index in [4.69, 9.17) is 9.47 Å². The molecule has 2 heterocycles. The highest BCUT2D eigenvalue weighted by Crippen LogP contribution is 2.27. The van der Waals surface area contributed by atoms with Crippen molar-refractivity contribution in [2.75, 3.05) is 5.32 Å². The van der Waals surface area contributed by atoms with E-state index in [1.807, 2.05) is 24.3 Å². The molecule has 2 aromatic carbocycles. The Hall–Kier alpha value is -3.48. The summed E-state index contributed by atoms with van der Waals surface area (Å²) in [6, 6.07) is 13.6. The molecule has 1 aromatic heterocycles. The zero-order chi connectivity index (χ0) is 18.6. The van der Waals surface area contributed by atoms with Gasteiger partial charge in [0, 0.05) is 0 Å². The van der Waals surface area contributed by atoms with Gasteiger partial charge in [-0.05, 0) is 36.6 Å². The van der Waals surface area contributed by atoms with Gasteiger partial charge in [-0.3, -0.25) is 4.79 Å². The molecule has 0 bridgehead atoms. The first-order valence-corrected chi connectivity index (χ1v) is 8.49. The summed E-state index contributed by atoms with van der Waals surface area (Å²) in [6.07, 6.45) is 3.60. The Morgan fingerprint density at radius 2 is 1.85 bits per heavy atom. The lowest BCUT2D eigenvalue weighted by molar-refractivity contribution is -0.123. The molecular formula is C20H16FN3O3. The molecule has 0 saturated heterocycles. The molecule has 1 aliphatic heterocycles. The van der Waals surface area contributed by atoms with Gasteiger partial charge in [0.05, 0.1) is 18.1 Å². The number of ether oxygens (including phenoxy) is 2. The molecule has 136 valence electrons. The van der Waals surface area contributed by atoms with Crippen LogP contribution in [0.15, 0.2) is 60.9 Å². The first kappa shape index (κ1) is 17.0. The predicted molar refractivity (Wildman–Crippen MR) is 96.3 cm³/mol. The highest BCUT2D eigenvalue weighted by atomic mass is 19.1. The fraction of sp³-hybridized carbons (Fsp3) is 0.150. The van der Waals surface area contributed by atoms with Crippen LogP contribution in [-0.2, 0) is 11.2 Å². The maximum atomic E-state index is 13.6. The molecule has 0 aliphatic carbocycles. The molecule has 1 amide bonds. The second-order valence-electron chi connectivity index (χ2n) is 6.03. The van der Waals surface area contributed by atoms with Gasteiger partial charge in [0.25, 0.3) is 5.91 Å². The molecule has 4 rings (SSSR count). The molecular weight excluding hydrogens is 349 g/mol. The minimum Gasteiger partial charge on any atom is -0.480 e. The lowest BCUT2D eigenvalue weighted by atomic mass is 10.0. The van der Waals surface area contributed by atoms with Crippen molar-refractivity contribution < 1.29 is 18.7 Å². The third-order valence-electron chi connectivity index (χ3n) is 4.14. The van der Waals surface area contributed by atoms with Gasteiger partial charge in [-0.25, -0.2) is 14.4 Å². The number of aromatic nitrogens is 2. The van der Waals surface area contributed by atoms with Gasteiger partial charge in [0.15, 0.2) is 17.7 Å². The van der Waals surface area contributed by atoms with E-state index in [9.17, 15) is 9.18 Å². The highest BCUT2D eigenvalue weighted by molar-refractivity contribution is 5.94. The SMILES string of the molecule is O=C(Nc1cnc(Oc2ccccc2F)nc1)C1CCc2ccccc2O1. The minimum atomic E-state index is -0.575. The standard InChI is InChI=1S/C20H16FN3O3/c21-15-6-2-4-8-17(15)27-20-22-11-14(12-23-20)24-19(25)18-10-9-13-5-1-3-7-16(13)26-18/h1-8,11-12,18H,9-10H2,(H,24,25). The average Bonchev–Trinajstić information content (AvgIpc) is 2.71. The number of rotatable bonds is 4. The van der Waals surface area contributed by atoms with Crippen molar-refractivity contribution in [2.24, 2.45) is 0 Å². The van der Waals surface area contributed by atoms with E-state index in [-0.39, 0.29) is 17.7 Å². The summed E-state index contributed by atoms with van der Waals surface area (Å²) in [5, 5.41) is 2.73. The molecule has 1 aliphatic rings. The number of nitrogens with zero attached hydrogens (tertiary/aromatic N) is 2. The van der Waals surface area contributed by atoms with Crippen molar-refractivity contribution in [3.8, 4) is 17.5 Å². The largest absolute Gasteiger partial charge is 0.480 e. The summed E-state index contributed by atoms with van der Waals surface area (Å²) >= 11 is 0. The van der Waals surface area contributed by atoms with Crippen molar-refractivity contribution in [1.82, 2.24) is 9.97 Å². The topological polar surface area (TPSA) is 73.3 Å². The number of amides is 1. The minimum absolute atomic E-state index is 0.0130. The predicted octanol–water partition coefficient (Wildman–Crippen LogP) is 3.74. The van der Waals surface area contributed by atoms with Crippen LogP contribution in [0.4, 0.5) is 10.1 Å². The van der Waals surface area contributed by atoms with Crippen LogP contribution in [0.5, 0.6) is 17.5 Å². The van der Waals surface area contributed by atoms with Crippen molar-refractivity contribution in [1.29, 1.82) is 0 Å². The fourth-order valence-corrected chi connectivity index (χ4v) is 2.79. The van der Waals surface area contributed by atoms with Crippen LogP contribution < -0.4 is 14.8 Å². The normalized spacial score (nSPS) is 15.4. The zero-order valence-electron chi connectivity index (χ0n) is 14.3. The molecule has 1 N–H and O–H groups in total. The third kappa shape index (κ3) is 3.87. The second kappa shape index (κ2) is 7.41. The van der Waals surface area contributed by atoms with E-state index in [0.29, 0.717) is 12.1 Å². The van der Waals surface area contributed by atoms with Crippen molar-refractivity contribution in [2.45, 2.75) is 18.9 Å². The van der Waals surface area contributed by atoms with E-state index in [1.165, 1.54) is 24.5 Å². The lowest BCUT2D eigenvalue weighted by Gasteiger charge is -2.25. The summed E-state index contributed by atoms with van der Waals surface area (Å²) in [5.74, 6) is -0.0126. The number of fused-ring (bicyclic) bond motifs is 1. The number of carbonyl (C=O) groups is 1. The van der Waals surface area contributed by atoms with Crippen LogP contribution in [0, 0.1) is 5.82 Å². The Morgan fingerprint density at radius 3 is 2.67 bits per heavy atom. The zero-order valence-corrected chi connectivity index (χ0v) is 14.3. The van der Waals surface area contributed by atoms with Crippen LogP contribution in [0.25, 0.3) is 0 Å². The molecule has 0 radical (unpaired) electrons. The lowest BCUT2D eigenvalue weighted by Crippen LogP contribution is -2.35. The summed E-state index contributed by atoms with van der Waals surface area (Å²) in [5.41, 5.74) is 1.50. The number of anilines is 1. The maximum Gasteiger partial charge on any atom is 0.322 e. The van der Waals surface area contributed by atoms with Gasteiger partial charge in [0.1, 0.15) is 5.75 Å². The summed E-state index contributed by atoms with van der Waals surface area (Å²) in [4.78, 5) is 20.4. The van der Waals surface area contributed by atoms with Gasteiger partial charge >= 0.3 is 6.01 Å². The van der Waals surface area contributed by atoms with Gasteiger partial charge in [-0.15, -0.1) is 0 Å².